The second-order valence-corrected chi connectivity index (χ2v) is 9.08. The topological polar surface area (TPSA) is 45.8 Å². The van der Waals surface area contributed by atoms with Crippen LogP contribution in [0.4, 0.5) is 0 Å². The minimum absolute atomic E-state index is 0.0164. The Balaban J connectivity index is 1.50. The van der Waals surface area contributed by atoms with E-state index in [1.807, 2.05) is 6.07 Å². The molecule has 1 heterocycles. The van der Waals surface area contributed by atoms with E-state index in [4.69, 9.17) is 4.98 Å². The highest BCUT2D eigenvalue weighted by Crippen LogP contribution is 2.49. The lowest BCUT2D eigenvalue weighted by Gasteiger charge is -2.35. The fourth-order valence-corrected chi connectivity index (χ4v) is 5.81. The van der Waals surface area contributed by atoms with Crippen molar-refractivity contribution in [2.24, 2.45) is 0 Å². The van der Waals surface area contributed by atoms with Gasteiger partial charge in [0.15, 0.2) is 5.16 Å². The lowest BCUT2D eigenvalue weighted by atomic mass is 9.68. The fraction of sp³-hybridized carbons (Fsp3) is 0.333. The van der Waals surface area contributed by atoms with Gasteiger partial charge in [0.25, 0.3) is 5.56 Å². The number of aromatic nitrogens is 2. The van der Waals surface area contributed by atoms with Crippen molar-refractivity contribution < 1.29 is 0 Å². The maximum Gasteiger partial charge on any atom is 0.255 e. The van der Waals surface area contributed by atoms with Crippen LogP contribution in [0.2, 0.25) is 0 Å². The predicted molar refractivity (Wildman–Crippen MR) is 115 cm³/mol. The molecule has 0 bridgehead atoms. The molecule has 28 heavy (non-hydrogen) atoms. The van der Waals surface area contributed by atoms with Crippen molar-refractivity contribution in [3.8, 4) is 11.3 Å². The van der Waals surface area contributed by atoms with Crippen LogP contribution in [0.15, 0.2) is 64.5 Å². The van der Waals surface area contributed by atoms with Gasteiger partial charge in [0.1, 0.15) is 0 Å². The van der Waals surface area contributed by atoms with E-state index in [-0.39, 0.29) is 11.0 Å². The molecule has 1 aromatic heterocycles. The van der Waals surface area contributed by atoms with Crippen LogP contribution in [-0.4, -0.2) is 15.7 Å². The zero-order valence-electron chi connectivity index (χ0n) is 15.9. The number of nitrogens with one attached hydrogen (secondary N) is 1. The molecule has 142 valence electrons. The summed E-state index contributed by atoms with van der Waals surface area (Å²) in [5, 5.41) is 0.740. The molecule has 1 fully saturated rings. The highest BCUT2D eigenvalue weighted by atomic mass is 32.2. The number of thioether (sulfide) groups is 1. The van der Waals surface area contributed by atoms with Crippen molar-refractivity contribution in [2.45, 2.75) is 49.1 Å². The molecule has 0 unspecified atom stereocenters. The van der Waals surface area contributed by atoms with E-state index in [2.05, 4.69) is 53.5 Å². The SMILES string of the molecule is O=c1[nH]c(SCCc2ccccc2)nc2c1C1(CCCC1)Cc1ccccc1-2. The van der Waals surface area contributed by atoms with Crippen LogP contribution >= 0.6 is 11.8 Å². The summed E-state index contributed by atoms with van der Waals surface area (Å²) in [6.07, 6.45) is 6.54. The lowest BCUT2D eigenvalue weighted by molar-refractivity contribution is 0.425. The highest BCUT2D eigenvalue weighted by molar-refractivity contribution is 7.99. The maximum absolute atomic E-state index is 13.2. The van der Waals surface area contributed by atoms with E-state index in [0.717, 1.165) is 53.4 Å². The smallest absolute Gasteiger partial charge is 0.255 e. The molecule has 0 radical (unpaired) electrons. The summed E-state index contributed by atoms with van der Waals surface area (Å²) in [7, 11) is 0. The number of nitrogens with zero attached hydrogens (tertiary/aromatic N) is 1. The first kappa shape index (κ1) is 17.7. The Hall–Kier alpha value is -2.33. The zero-order chi connectivity index (χ0) is 19.0. The summed E-state index contributed by atoms with van der Waals surface area (Å²) in [6.45, 7) is 0. The molecule has 2 aromatic carbocycles. The van der Waals surface area contributed by atoms with Crippen molar-refractivity contribution >= 4 is 11.8 Å². The average Bonchev–Trinajstić information content (AvgIpc) is 3.17. The van der Waals surface area contributed by atoms with Gasteiger partial charge in [-0.2, -0.15) is 0 Å². The van der Waals surface area contributed by atoms with Crippen LogP contribution in [0, 0.1) is 0 Å². The Labute approximate surface area is 169 Å². The van der Waals surface area contributed by atoms with Crippen molar-refractivity contribution in [2.75, 3.05) is 5.75 Å². The van der Waals surface area contributed by atoms with Gasteiger partial charge >= 0.3 is 0 Å². The van der Waals surface area contributed by atoms with Gasteiger partial charge in [-0.05, 0) is 36.8 Å². The van der Waals surface area contributed by atoms with E-state index < -0.39 is 0 Å². The van der Waals surface area contributed by atoms with Crippen LogP contribution < -0.4 is 5.56 Å². The van der Waals surface area contributed by atoms with E-state index in [1.54, 1.807) is 11.8 Å². The molecule has 2 aliphatic carbocycles. The van der Waals surface area contributed by atoms with Gasteiger partial charge < -0.3 is 4.98 Å². The van der Waals surface area contributed by atoms with Crippen LogP contribution in [0.25, 0.3) is 11.3 Å². The van der Waals surface area contributed by atoms with Crippen LogP contribution in [0.1, 0.15) is 42.4 Å². The fourth-order valence-electron chi connectivity index (χ4n) is 4.96. The van der Waals surface area contributed by atoms with Crippen LogP contribution in [-0.2, 0) is 18.3 Å². The van der Waals surface area contributed by atoms with Gasteiger partial charge in [0.05, 0.1) is 11.3 Å². The Kier molecular flexibility index (Phi) is 4.59. The molecule has 0 saturated heterocycles. The molecule has 0 aliphatic heterocycles. The minimum Gasteiger partial charge on any atom is -0.301 e. The molecule has 3 aromatic rings. The number of hydrogen-bond acceptors (Lipinski definition) is 3. The summed E-state index contributed by atoms with van der Waals surface area (Å²) in [4.78, 5) is 21.3. The Morgan fingerprint density at radius 1 is 1.00 bits per heavy atom. The Morgan fingerprint density at radius 3 is 2.57 bits per heavy atom. The first-order valence-corrected chi connectivity index (χ1v) is 11.1. The van der Waals surface area contributed by atoms with E-state index in [0.29, 0.717) is 0 Å². The lowest BCUT2D eigenvalue weighted by Crippen LogP contribution is -2.37. The van der Waals surface area contributed by atoms with Crippen LogP contribution in [0.3, 0.4) is 0 Å². The van der Waals surface area contributed by atoms with Crippen molar-refractivity contribution in [1.29, 1.82) is 0 Å². The summed E-state index contributed by atoms with van der Waals surface area (Å²) < 4.78 is 0. The third-order valence-corrected chi connectivity index (χ3v) is 7.14. The third kappa shape index (κ3) is 3.10. The van der Waals surface area contributed by atoms with E-state index in [9.17, 15) is 4.79 Å². The summed E-state index contributed by atoms with van der Waals surface area (Å²) in [6, 6.07) is 19.0. The third-order valence-electron chi connectivity index (χ3n) is 6.26. The van der Waals surface area contributed by atoms with E-state index in [1.165, 1.54) is 24.0 Å². The van der Waals surface area contributed by atoms with Crippen molar-refractivity contribution in [3.63, 3.8) is 0 Å². The van der Waals surface area contributed by atoms with Crippen molar-refractivity contribution in [3.05, 3.63) is 81.6 Å². The molecular weight excluding hydrogens is 364 g/mol. The Morgan fingerprint density at radius 2 is 1.75 bits per heavy atom. The quantitative estimate of drug-likeness (QED) is 0.497. The molecular formula is C24H24N2OS. The Bertz CT molecular complexity index is 1050. The monoisotopic (exact) mass is 388 g/mol. The largest absolute Gasteiger partial charge is 0.301 e. The van der Waals surface area contributed by atoms with E-state index >= 15 is 0 Å². The standard InChI is InChI=1S/C24H24N2OS/c27-22-20-21(25-23(26-22)28-15-12-17-8-2-1-3-9-17)19-11-5-4-10-18(19)16-24(20)13-6-7-14-24/h1-5,8-11H,6-7,12-16H2,(H,25,26,27). The number of rotatable bonds is 4. The number of aromatic amines is 1. The summed E-state index contributed by atoms with van der Waals surface area (Å²) in [5.41, 5.74) is 5.72. The van der Waals surface area contributed by atoms with Crippen LogP contribution in [0.5, 0.6) is 0 Å². The summed E-state index contributed by atoms with van der Waals surface area (Å²) >= 11 is 1.64. The molecule has 0 atom stereocenters. The van der Waals surface area contributed by atoms with Gasteiger partial charge in [-0.1, -0.05) is 79.2 Å². The summed E-state index contributed by atoms with van der Waals surface area (Å²) in [5.74, 6) is 0.901. The first-order chi connectivity index (χ1) is 13.8. The second-order valence-electron chi connectivity index (χ2n) is 8.00. The number of aryl methyl sites for hydroxylation is 1. The van der Waals surface area contributed by atoms with Gasteiger partial charge in [0.2, 0.25) is 0 Å². The zero-order valence-corrected chi connectivity index (χ0v) is 16.7. The normalized spacial score (nSPS) is 16.7. The number of hydrogen-bond donors (Lipinski definition) is 1. The molecule has 0 amide bonds. The van der Waals surface area contributed by atoms with Crippen molar-refractivity contribution in [1.82, 2.24) is 9.97 Å². The first-order valence-electron chi connectivity index (χ1n) is 10.1. The highest BCUT2D eigenvalue weighted by Gasteiger charge is 2.43. The van der Waals surface area contributed by atoms with Gasteiger partial charge in [-0.25, -0.2) is 4.98 Å². The van der Waals surface area contributed by atoms with Gasteiger partial charge in [0, 0.05) is 16.7 Å². The van der Waals surface area contributed by atoms with Gasteiger partial charge in [-0.15, -0.1) is 0 Å². The molecule has 1 saturated carbocycles. The number of benzene rings is 2. The molecule has 5 rings (SSSR count). The molecule has 3 nitrogen and oxygen atoms in total. The average molecular weight is 389 g/mol. The second kappa shape index (κ2) is 7.25. The molecule has 1 spiro atoms. The molecule has 1 N–H and O–H groups in total. The maximum atomic E-state index is 13.2. The number of H-pyrrole nitrogens is 1. The predicted octanol–water partition coefficient (Wildman–Crippen LogP) is 5.14. The number of fused-ring (bicyclic) bond motifs is 4. The minimum atomic E-state index is -0.0164. The molecule has 2 aliphatic rings. The van der Waals surface area contributed by atoms with Gasteiger partial charge in [-0.3, -0.25) is 4.79 Å². The molecule has 4 heteroatoms.